The fourth-order valence-corrected chi connectivity index (χ4v) is 2.25. The minimum atomic E-state index is -3.11. The lowest BCUT2D eigenvalue weighted by Crippen LogP contribution is -2.28. The monoisotopic (exact) mass is 232 g/mol. The number of aryl methyl sites for hydroxylation is 1. The van der Waals surface area contributed by atoms with Crippen molar-refractivity contribution in [2.75, 3.05) is 12.3 Å². The zero-order valence-electron chi connectivity index (χ0n) is 8.97. The first kappa shape index (κ1) is 12.1. The van der Waals surface area contributed by atoms with Crippen molar-refractivity contribution < 1.29 is 8.42 Å². The van der Waals surface area contributed by atoms with Gasteiger partial charge in [-0.3, -0.25) is 4.68 Å². The van der Waals surface area contributed by atoms with Crippen molar-refractivity contribution in [3.05, 3.63) is 12.2 Å². The third-order valence-electron chi connectivity index (χ3n) is 1.79. The molecular formula is C8H16N4O2S. The lowest BCUT2D eigenvalue weighted by Gasteiger charge is -2.02. The van der Waals surface area contributed by atoms with Gasteiger partial charge in [0.2, 0.25) is 10.0 Å². The molecule has 0 aliphatic rings. The molecule has 0 aromatic carbocycles. The van der Waals surface area contributed by atoms with Gasteiger partial charge < -0.3 is 0 Å². The Kier molecular flexibility index (Phi) is 4.22. The zero-order chi connectivity index (χ0) is 11.3. The van der Waals surface area contributed by atoms with Crippen LogP contribution in [0.4, 0.5) is 0 Å². The fourth-order valence-electron chi connectivity index (χ4n) is 1.16. The summed E-state index contributed by atoms with van der Waals surface area (Å²) in [5, 5.41) is 4.05. The van der Waals surface area contributed by atoms with Crippen LogP contribution in [0.2, 0.25) is 0 Å². The van der Waals surface area contributed by atoms with Crippen LogP contribution in [0.5, 0.6) is 0 Å². The zero-order valence-corrected chi connectivity index (χ0v) is 9.79. The highest BCUT2D eigenvalue weighted by Crippen LogP contribution is 1.91. The summed E-state index contributed by atoms with van der Waals surface area (Å²) in [5.41, 5.74) is 0. The highest BCUT2D eigenvalue weighted by Gasteiger charge is 2.08. The van der Waals surface area contributed by atoms with Crippen LogP contribution < -0.4 is 4.72 Å². The first-order valence-corrected chi connectivity index (χ1v) is 6.50. The molecule has 0 fully saturated rings. The molecule has 7 heteroatoms. The topological polar surface area (TPSA) is 76.9 Å². The van der Waals surface area contributed by atoms with Crippen molar-refractivity contribution >= 4 is 10.0 Å². The Morgan fingerprint density at radius 3 is 2.80 bits per heavy atom. The summed E-state index contributed by atoms with van der Waals surface area (Å²) < 4.78 is 26.6. The highest BCUT2D eigenvalue weighted by molar-refractivity contribution is 7.89. The van der Waals surface area contributed by atoms with Crippen LogP contribution in [-0.2, 0) is 23.5 Å². The van der Waals surface area contributed by atoms with Crippen molar-refractivity contribution in [3.63, 3.8) is 0 Å². The second-order valence-electron chi connectivity index (χ2n) is 3.30. The molecule has 0 aliphatic carbocycles. The Labute approximate surface area is 89.8 Å². The molecular weight excluding hydrogens is 216 g/mol. The van der Waals surface area contributed by atoms with E-state index < -0.39 is 10.0 Å². The molecule has 0 unspecified atom stereocenters. The van der Waals surface area contributed by atoms with Gasteiger partial charge in [0.15, 0.2) is 5.82 Å². The molecule has 0 saturated carbocycles. The molecule has 1 N–H and O–H groups in total. The highest BCUT2D eigenvalue weighted by atomic mass is 32.2. The summed E-state index contributed by atoms with van der Waals surface area (Å²) >= 11 is 0. The molecule has 0 atom stereocenters. The second kappa shape index (κ2) is 5.22. The molecule has 0 radical (unpaired) electrons. The number of aromatic nitrogens is 3. The van der Waals surface area contributed by atoms with E-state index in [1.807, 2.05) is 6.92 Å². The number of nitrogens with one attached hydrogen (secondary N) is 1. The van der Waals surface area contributed by atoms with Crippen LogP contribution in [-0.4, -0.2) is 35.5 Å². The fraction of sp³-hybridized carbons (Fsp3) is 0.750. The summed E-state index contributed by atoms with van der Waals surface area (Å²) in [6.07, 6.45) is 2.73. The Morgan fingerprint density at radius 1 is 1.53 bits per heavy atom. The first-order chi connectivity index (χ1) is 7.03. The van der Waals surface area contributed by atoms with Crippen molar-refractivity contribution in [2.45, 2.75) is 19.8 Å². The normalized spacial score (nSPS) is 11.9. The Hall–Kier alpha value is -0.950. The van der Waals surface area contributed by atoms with Gasteiger partial charge in [-0.1, -0.05) is 6.92 Å². The van der Waals surface area contributed by atoms with Crippen LogP contribution in [0.25, 0.3) is 0 Å². The van der Waals surface area contributed by atoms with E-state index in [0.717, 1.165) is 0 Å². The van der Waals surface area contributed by atoms with Crippen molar-refractivity contribution in [1.82, 2.24) is 19.5 Å². The van der Waals surface area contributed by atoms with Gasteiger partial charge in [-0.15, -0.1) is 0 Å². The van der Waals surface area contributed by atoms with E-state index in [-0.39, 0.29) is 5.75 Å². The Morgan fingerprint density at radius 2 is 2.27 bits per heavy atom. The Bertz CT molecular complexity index is 399. The standard InChI is InChI=1S/C8H16N4O2S/c1-3-6-15(13,14)10-5-4-8-9-7-12(2)11-8/h7,10H,3-6H2,1-2H3. The van der Waals surface area contributed by atoms with Gasteiger partial charge >= 0.3 is 0 Å². The predicted molar refractivity (Wildman–Crippen MR) is 56.8 cm³/mol. The minimum Gasteiger partial charge on any atom is -0.256 e. The van der Waals surface area contributed by atoms with Gasteiger partial charge in [-0.05, 0) is 6.42 Å². The number of nitrogens with zero attached hydrogens (tertiary/aromatic N) is 3. The quantitative estimate of drug-likeness (QED) is 0.729. The summed E-state index contributed by atoms with van der Waals surface area (Å²) in [6, 6.07) is 0. The van der Waals surface area contributed by atoms with E-state index in [9.17, 15) is 8.42 Å². The summed E-state index contributed by atoms with van der Waals surface area (Å²) in [5.74, 6) is 0.819. The van der Waals surface area contributed by atoms with Gasteiger partial charge in [0.25, 0.3) is 0 Å². The largest absolute Gasteiger partial charge is 0.256 e. The third kappa shape index (κ3) is 4.39. The van der Waals surface area contributed by atoms with Gasteiger partial charge in [0, 0.05) is 20.0 Å². The van der Waals surface area contributed by atoms with Crippen LogP contribution in [0, 0.1) is 0 Å². The Balaban J connectivity index is 2.33. The molecule has 6 nitrogen and oxygen atoms in total. The van der Waals surface area contributed by atoms with E-state index in [2.05, 4.69) is 14.8 Å². The smallest absolute Gasteiger partial charge is 0.211 e. The first-order valence-electron chi connectivity index (χ1n) is 4.85. The van der Waals surface area contributed by atoms with Crippen LogP contribution in [0.15, 0.2) is 6.33 Å². The summed E-state index contributed by atoms with van der Waals surface area (Å²) in [4.78, 5) is 4.00. The van der Waals surface area contributed by atoms with Gasteiger partial charge in [-0.25, -0.2) is 18.1 Å². The van der Waals surface area contributed by atoms with E-state index >= 15 is 0 Å². The molecule has 1 heterocycles. The maximum atomic E-state index is 11.3. The molecule has 1 rings (SSSR count). The van der Waals surface area contributed by atoms with Crippen molar-refractivity contribution in [3.8, 4) is 0 Å². The molecule has 0 spiro atoms. The van der Waals surface area contributed by atoms with Crippen molar-refractivity contribution in [1.29, 1.82) is 0 Å². The van der Waals surface area contributed by atoms with Crippen molar-refractivity contribution in [2.24, 2.45) is 7.05 Å². The molecule has 86 valence electrons. The van der Waals surface area contributed by atoms with Gasteiger partial charge in [0.05, 0.1) is 5.75 Å². The molecule has 1 aromatic rings. The third-order valence-corrected chi connectivity index (χ3v) is 3.38. The number of hydrogen-bond donors (Lipinski definition) is 1. The maximum Gasteiger partial charge on any atom is 0.211 e. The summed E-state index contributed by atoms with van der Waals surface area (Å²) in [6.45, 7) is 2.19. The average Bonchev–Trinajstić information content (AvgIpc) is 2.51. The molecule has 0 saturated heterocycles. The number of rotatable bonds is 6. The average molecular weight is 232 g/mol. The van der Waals surface area contributed by atoms with E-state index in [4.69, 9.17) is 0 Å². The molecule has 0 aliphatic heterocycles. The lowest BCUT2D eigenvalue weighted by atomic mass is 10.4. The van der Waals surface area contributed by atoms with Crippen LogP contribution in [0.3, 0.4) is 0 Å². The van der Waals surface area contributed by atoms with E-state index in [1.54, 1.807) is 18.1 Å². The van der Waals surface area contributed by atoms with Crippen LogP contribution in [0.1, 0.15) is 19.2 Å². The molecule has 1 aromatic heterocycles. The SMILES string of the molecule is CCCS(=O)(=O)NCCc1ncn(C)n1. The molecule has 15 heavy (non-hydrogen) atoms. The van der Waals surface area contributed by atoms with E-state index in [0.29, 0.717) is 25.2 Å². The second-order valence-corrected chi connectivity index (χ2v) is 5.22. The van der Waals surface area contributed by atoms with Gasteiger partial charge in [0.1, 0.15) is 6.33 Å². The minimum absolute atomic E-state index is 0.169. The number of hydrogen-bond acceptors (Lipinski definition) is 4. The number of sulfonamides is 1. The van der Waals surface area contributed by atoms with Gasteiger partial charge in [-0.2, -0.15) is 5.10 Å². The lowest BCUT2D eigenvalue weighted by molar-refractivity contribution is 0.579. The molecule has 0 bridgehead atoms. The maximum absolute atomic E-state index is 11.3. The van der Waals surface area contributed by atoms with Crippen LogP contribution >= 0.6 is 0 Å². The predicted octanol–water partition coefficient (Wildman–Crippen LogP) is -0.313. The van der Waals surface area contributed by atoms with E-state index in [1.165, 1.54) is 0 Å². The summed E-state index contributed by atoms with van der Waals surface area (Å²) in [7, 11) is -1.33. The molecule has 0 amide bonds.